The molecule has 0 spiro atoms. The highest BCUT2D eigenvalue weighted by Crippen LogP contribution is 2.52. The van der Waals surface area contributed by atoms with Gasteiger partial charge in [0.15, 0.2) is 0 Å². The molecule has 6 aromatic carbocycles. The number of aryl methyl sites for hydroxylation is 3. The van der Waals surface area contributed by atoms with Gasteiger partial charge in [0.1, 0.15) is 0 Å². The van der Waals surface area contributed by atoms with E-state index in [1.807, 2.05) is 0 Å². The predicted molar refractivity (Wildman–Crippen MR) is 209 cm³/mol. The monoisotopic (exact) mass is 633 g/mol. The number of benzene rings is 6. The van der Waals surface area contributed by atoms with Crippen LogP contribution in [0.5, 0.6) is 0 Å². The summed E-state index contributed by atoms with van der Waals surface area (Å²) in [4.78, 5) is 2.63. The number of hydrogen-bond acceptors (Lipinski definition) is 1. The summed E-state index contributed by atoms with van der Waals surface area (Å²) in [6.07, 6.45) is 8.49. The Kier molecular flexibility index (Phi) is 8.35. The van der Waals surface area contributed by atoms with E-state index in [9.17, 15) is 0 Å². The zero-order valence-corrected chi connectivity index (χ0v) is 28.7. The minimum atomic E-state index is 0.511. The lowest BCUT2D eigenvalue weighted by Gasteiger charge is -2.27. The molecular formula is C48H43N. The molecule has 2 unspecified atom stereocenters. The van der Waals surface area contributed by atoms with Crippen LogP contribution >= 0.6 is 0 Å². The van der Waals surface area contributed by atoms with E-state index in [0.29, 0.717) is 12.0 Å². The molecular weight excluding hydrogens is 591 g/mol. The van der Waals surface area contributed by atoms with Gasteiger partial charge in [-0.2, -0.15) is 0 Å². The summed E-state index contributed by atoms with van der Waals surface area (Å²) in [6.45, 7) is 6.45. The van der Waals surface area contributed by atoms with Crippen LogP contribution in [-0.2, 0) is 0 Å². The maximum Gasteiger partial charge on any atom is 0.0450 e. The third kappa shape index (κ3) is 6.30. The number of rotatable bonds is 7. The smallest absolute Gasteiger partial charge is 0.0450 e. The van der Waals surface area contributed by atoms with Crippen molar-refractivity contribution in [2.45, 2.75) is 52.0 Å². The van der Waals surface area contributed by atoms with Gasteiger partial charge in [0.2, 0.25) is 0 Å². The summed E-state index contributed by atoms with van der Waals surface area (Å²) in [7, 11) is 0. The lowest BCUT2D eigenvalue weighted by Crippen LogP contribution is -2.26. The van der Waals surface area contributed by atoms with Crippen molar-refractivity contribution in [3.63, 3.8) is 0 Å². The molecule has 0 N–H and O–H groups in total. The summed E-state index contributed by atoms with van der Waals surface area (Å²) < 4.78 is 0. The molecule has 2 atom stereocenters. The fourth-order valence-corrected chi connectivity index (χ4v) is 7.85. The molecule has 8 rings (SSSR count). The van der Waals surface area contributed by atoms with Crippen molar-refractivity contribution >= 4 is 34.7 Å². The number of hydrogen-bond donors (Lipinski definition) is 0. The third-order valence-corrected chi connectivity index (χ3v) is 10.5. The average Bonchev–Trinajstić information content (AvgIpc) is 3.73. The second-order valence-electron chi connectivity index (χ2n) is 14.0. The van der Waals surface area contributed by atoms with Crippen molar-refractivity contribution in [1.82, 2.24) is 0 Å². The summed E-state index contributed by atoms with van der Waals surface area (Å²) in [5, 5.41) is 0. The van der Waals surface area contributed by atoms with Crippen LogP contribution in [0.15, 0.2) is 146 Å². The van der Waals surface area contributed by atoms with Gasteiger partial charge in [-0.3, -0.25) is 0 Å². The van der Waals surface area contributed by atoms with Gasteiger partial charge in [0, 0.05) is 23.3 Å². The van der Waals surface area contributed by atoms with Gasteiger partial charge in [-0.25, -0.2) is 0 Å². The normalized spacial score (nSPS) is 16.7. The van der Waals surface area contributed by atoms with Crippen molar-refractivity contribution in [2.75, 3.05) is 4.90 Å². The van der Waals surface area contributed by atoms with E-state index in [1.54, 1.807) is 0 Å². The summed E-state index contributed by atoms with van der Waals surface area (Å²) in [6, 6.07) is 54.4. The Balaban J connectivity index is 1.14. The van der Waals surface area contributed by atoms with Crippen molar-refractivity contribution in [2.24, 2.45) is 0 Å². The third-order valence-electron chi connectivity index (χ3n) is 10.5. The molecule has 0 aromatic heterocycles. The van der Waals surface area contributed by atoms with E-state index < -0.39 is 0 Å². The van der Waals surface area contributed by atoms with E-state index in [4.69, 9.17) is 0 Å². The molecule has 0 bridgehead atoms. The van der Waals surface area contributed by atoms with E-state index >= 15 is 0 Å². The van der Waals surface area contributed by atoms with Crippen LogP contribution in [0.1, 0.15) is 80.8 Å². The summed E-state index contributed by atoms with van der Waals surface area (Å²) >= 11 is 0. The summed E-state index contributed by atoms with van der Waals surface area (Å²) in [5.74, 6) is 0.566. The lowest BCUT2D eigenvalue weighted by molar-refractivity contribution is 0.642. The molecule has 1 aliphatic carbocycles. The van der Waals surface area contributed by atoms with Crippen LogP contribution in [0, 0.1) is 20.8 Å². The summed E-state index contributed by atoms with van der Waals surface area (Å²) in [5.41, 5.74) is 18.0. The first-order valence-electron chi connectivity index (χ1n) is 17.7. The Morgan fingerprint density at radius 2 is 1.00 bits per heavy atom. The van der Waals surface area contributed by atoms with Gasteiger partial charge in [0.25, 0.3) is 0 Å². The van der Waals surface area contributed by atoms with Crippen LogP contribution < -0.4 is 4.90 Å². The highest BCUT2D eigenvalue weighted by atomic mass is 15.2. The van der Waals surface area contributed by atoms with Gasteiger partial charge in [-0.05, 0) is 120 Å². The van der Waals surface area contributed by atoms with Gasteiger partial charge >= 0.3 is 0 Å². The minimum absolute atomic E-state index is 0.511. The maximum atomic E-state index is 2.63. The first-order valence-corrected chi connectivity index (χ1v) is 17.7. The topological polar surface area (TPSA) is 3.24 Å². The second kappa shape index (κ2) is 13.2. The largest absolute Gasteiger partial charge is 0.338 e. The van der Waals surface area contributed by atoms with Crippen LogP contribution in [0.2, 0.25) is 0 Å². The molecule has 1 saturated carbocycles. The molecule has 49 heavy (non-hydrogen) atoms. The SMILES string of the molecule is Cc1ccc(C(=Cc2ccc(N3c4ccc(C=C(c5ccc(C)cc5)c5ccc(C)cc5)cc4C4CCCC43)cc2)c2ccccc2)cc1. The average molecular weight is 634 g/mol. The lowest BCUT2D eigenvalue weighted by atomic mass is 9.92. The second-order valence-corrected chi connectivity index (χ2v) is 14.0. The first-order chi connectivity index (χ1) is 24.0. The van der Waals surface area contributed by atoms with Crippen LogP contribution in [0.3, 0.4) is 0 Å². The van der Waals surface area contributed by atoms with Crippen LogP contribution in [-0.4, -0.2) is 6.04 Å². The van der Waals surface area contributed by atoms with Gasteiger partial charge < -0.3 is 4.90 Å². The van der Waals surface area contributed by atoms with Gasteiger partial charge in [0.05, 0.1) is 0 Å². The Labute approximate surface area is 291 Å². The van der Waals surface area contributed by atoms with Gasteiger partial charge in [-0.1, -0.05) is 144 Å². The number of fused-ring (bicyclic) bond motifs is 3. The van der Waals surface area contributed by atoms with Crippen molar-refractivity contribution in [1.29, 1.82) is 0 Å². The Hall–Kier alpha value is -5.40. The number of nitrogens with zero attached hydrogens (tertiary/aromatic N) is 1. The molecule has 1 heteroatoms. The fourth-order valence-electron chi connectivity index (χ4n) is 7.85. The van der Waals surface area contributed by atoms with Crippen LogP contribution in [0.4, 0.5) is 11.4 Å². The first kappa shape index (κ1) is 30.9. The van der Waals surface area contributed by atoms with Crippen molar-refractivity contribution < 1.29 is 0 Å². The molecule has 0 amide bonds. The molecule has 0 radical (unpaired) electrons. The molecule has 2 aliphatic rings. The fraction of sp³-hybridized carbons (Fsp3) is 0.167. The molecule has 240 valence electrons. The molecule has 1 aliphatic heterocycles. The van der Waals surface area contributed by atoms with E-state index in [1.165, 1.54) is 97.4 Å². The van der Waals surface area contributed by atoms with Crippen molar-refractivity contribution in [3.05, 3.63) is 201 Å². The maximum absolute atomic E-state index is 2.63. The standard InChI is InChI=1S/C48H43N/c1-33-12-21-39(22-13-33)44(38-8-5-4-6-9-38)30-36-18-27-42(28-19-36)49-47-11-7-10-43(47)46-32-37(20-29-48(46)49)31-45(40-23-14-34(2)15-24-40)41-25-16-35(3)17-26-41/h4-6,8-9,12-32,43,47H,7,10-11H2,1-3H3. The molecule has 0 saturated heterocycles. The molecule has 1 nitrogen and oxygen atoms in total. The quantitative estimate of drug-likeness (QED) is 0.158. The Morgan fingerprint density at radius 1 is 0.510 bits per heavy atom. The molecule has 1 heterocycles. The highest BCUT2D eigenvalue weighted by molar-refractivity contribution is 5.93. The Morgan fingerprint density at radius 3 is 1.55 bits per heavy atom. The molecule has 1 fully saturated rings. The van der Waals surface area contributed by atoms with E-state index in [2.05, 4.69) is 183 Å². The Bertz CT molecular complexity index is 2080. The highest BCUT2D eigenvalue weighted by Gasteiger charge is 2.42. The van der Waals surface area contributed by atoms with E-state index in [-0.39, 0.29) is 0 Å². The van der Waals surface area contributed by atoms with E-state index in [0.717, 1.165) is 0 Å². The zero-order chi connectivity index (χ0) is 33.3. The van der Waals surface area contributed by atoms with Crippen LogP contribution in [0.25, 0.3) is 23.3 Å². The predicted octanol–water partition coefficient (Wildman–Crippen LogP) is 12.6. The van der Waals surface area contributed by atoms with Gasteiger partial charge in [-0.15, -0.1) is 0 Å². The minimum Gasteiger partial charge on any atom is -0.338 e. The van der Waals surface area contributed by atoms with Crippen molar-refractivity contribution in [3.8, 4) is 0 Å². The zero-order valence-electron chi connectivity index (χ0n) is 28.7. The number of anilines is 2. The molecule has 6 aromatic rings.